The molecule has 1 saturated heterocycles. The molecule has 1 unspecified atom stereocenters. The quantitative estimate of drug-likeness (QED) is 0.254. The number of rotatable bonds is 9. The molecule has 0 bridgehead atoms. The standard InChI is InChI=1S/C27H32N2O6/c1-4-5-14-33-20-9-6-18(7-10-20)24-23(26(31)27(32)29(24)13-12-28(2)3)25(30)19-8-11-21-22(17-19)35-16-15-34-21/h6-11,17,24,30H,4-5,12-16H2,1-3H3/b25-23+. The van der Waals surface area contributed by atoms with Crippen LogP contribution in [0.5, 0.6) is 17.2 Å². The average molecular weight is 481 g/mol. The molecule has 2 aliphatic rings. The van der Waals surface area contributed by atoms with Gasteiger partial charge in [0.25, 0.3) is 11.7 Å². The summed E-state index contributed by atoms with van der Waals surface area (Å²) in [7, 11) is 3.81. The summed E-state index contributed by atoms with van der Waals surface area (Å²) in [5.41, 5.74) is 1.18. The fourth-order valence-electron chi connectivity index (χ4n) is 4.19. The number of carbonyl (C=O) groups is 2. The summed E-state index contributed by atoms with van der Waals surface area (Å²) in [5, 5.41) is 11.3. The number of hydrogen-bond donors (Lipinski definition) is 1. The third kappa shape index (κ3) is 5.27. The van der Waals surface area contributed by atoms with Gasteiger partial charge in [0.1, 0.15) is 24.7 Å². The second-order valence-electron chi connectivity index (χ2n) is 8.93. The highest BCUT2D eigenvalue weighted by Gasteiger charge is 2.46. The first-order valence-electron chi connectivity index (χ1n) is 12.0. The number of ketones is 1. The van der Waals surface area contributed by atoms with Crippen molar-refractivity contribution in [2.45, 2.75) is 25.8 Å². The molecule has 2 aliphatic heterocycles. The van der Waals surface area contributed by atoms with Crippen molar-refractivity contribution in [3.8, 4) is 17.2 Å². The van der Waals surface area contributed by atoms with Gasteiger partial charge in [0.2, 0.25) is 0 Å². The molecule has 8 heteroatoms. The Morgan fingerprint density at radius 2 is 1.80 bits per heavy atom. The monoisotopic (exact) mass is 480 g/mol. The van der Waals surface area contributed by atoms with Crippen LogP contribution in [0.3, 0.4) is 0 Å². The maximum absolute atomic E-state index is 13.2. The average Bonchev–Trinajstić information content (AvgIpc) is 3.12. The summed E-state index contributed by atoms with van der Waals surface area (Å²) in [5.74, 6) is 0.227. The van der Waals surface area contributed by atoms with Gasteiger partial charge in [-0.2, -0.15) is 0 Å². The van der Waals surface area contributed by atoms with E-state index in [9.17, 15) is 14.7 Å². The number of aliphatic hydroxyl groups is 1. The Morgan fingerprint density at radius 1 is 1.09 bits per heavy atom. The van der Waals surface area contributed by atoms with Gasteiger partial charge in [-0.25, -0.2) is 0 Å². The van der Waals surface area contributed by atoms with E-state index in [1.54, 1.807) is 18.2 Å². The summed E-state index contributed by atoms with van der Waals surface area (Å²) < 4.78 is 17.0. The van der Waals surface area contributed by atoms with Crippen molar-refractivity contribution in [2.24, 2.45) is 0 Å². The lowest BCUT2D eigenvalue weighted by Gasteiger charge is -2.27. The molecule has 0 radical (unpaired) electrons. The molecule has 0 aromatic heterocycles. The van der Waals surface area contributed by atoms with E-state index in [0.29, 0.717) is 50.0 Å². The van der Waals surface area contributed by atoms with Crippen molar-refractivity contribution in [1.82, 2.24) is 9.80 Å². The lowest BCUT2D eigenvalue weighted by Crippen LogP contribution is -2.35. The van der Waals surface area contributed by atoms with E-state index in [-0.39, 0.29) is 11.3 Å². The van der Waals surface area contributed by atoms with Crippen molar-refractivity contribution in [3.63, 3.8) is 0 Å². The molecule has 35 heavy (non-hydrogen) atoms. The molecule has 0 aliphatic carbocycles. The second-order valence-corrected chi connectivity index (χ2v) is 8.93. The molecular formula is C27H32N2O6. The van der Waals surface area contributed by atoms with Crippen molar-refractivity contribution in [3.05, 3.63) is 59.2 Å². The highest BCUT2D eigenvalue weighted by atomic mass is 16.6. The molecule has 8 nitrogen and oxygen atoms in total. The van der Waals surface area contributed by atoms with Gasteiger partial charge in [-0.1, -0.05) is 25.5 Å². The minimum Gasteiger partial charge on any atom is -0.507 e. The Morgan fingerprint density at radius 3 is 2.49 bits per heavy atom. The van der Waals surface area contributed by atoms with Crippen LogP contribution in [0.2, 0.25) is 0 Å². The van der Waals surface area contributed by atoms with Crippen LogP contribution in [0.1, 0.15) is 36.9 Å². The van der Waals surface area contributed by atoms with E-state index in [2.05, 4.69) is 6.92 Å². The summed E-state index contributed by atoms with van der Waals surface area (Å²) in [4.78, 5) is 29.7. The molecule has 4 rings (SSSR count). The molecule has 1 amide bonds. The van der Waals surface area contributed by atoms with Gasteiger partial charge in [-0.05, 0) is 56.4 Å². The van der Waals surface area contributed by atoms with Gasteiger partial charge < -0.3 is 29.1 Å². The maximum atomic E-state index is 13.2. The number of aliphatic hydroxyl groups excluding tert-OH is 1. The first-order chi connectivity index (χ1) is 16.9. The van der Waals surface area contributed by atoms with Crippen molar-refractivity contribution in [2.75, 3.05) is 47.0 Å². The molecule has 1 N–H and O–H groups in total. The van der Waals surface area contributed by atoms with E-state index in [0.717, 1.165) is 24.2 Å². The number of benzene rings is 2. The minimum atomic E-state index is -0.715. The Bertz CT molecular complexity index is 1110. The van der Waals surface area contributed by atoms with Gasteiger partial charge >= 0.3 is 0 Å². The molecule has 0 spiro atoms. The Kier molecular flexibility index (Phi) is 7.60. The summed E-state index contributed by atoms with van der Waals surface area (Å²) >= 11 is 0. The van der Waals surface area contributed by atoms with E-state index < -0.39 is 17.7 Å². The van der Waals surface area contributed by atoms with Gasteiger partial charge in [-0.3, -0.25) is 9.59 Å². The fourth-order valence-corrected chi connectivity index (χ4v) is 4.19. The number of likely N-dealkylation sites (tertiary alicyclic amines) is 1. The predicted molar refractivity (Wildman–Crippen MR) is 132 cm³/mol. The van der Waals surface area contributed by atoms with Crippen LogP contribution >= 0.6 is 0 Å². The molecule has 1 fully saturated rings. The largest absolute Gasteiger partial charge is 0.507 e. The number of nitrogens with zero attached hydrogens (tertiary/aromatic N) is 2. The number of carbonyl (C=O) groups excluding carboxylic acids is 2. The number of ether oxygens (including phenoxy) is 3. The van der Waals surface area contributed by atoms with Gasteiger partial charge in [0, 0.05) is 18.7 Å². The number of fused-ring (bicyclic) bond motifs is 1. The highest BCUT2D eigenvalue weighted by Crippen LogP contribution is 2.41. The molecule has 1 atom stereocenters. The SMILES string of the molecule is CCCCOc1ccc(C2/C(=C(\O)c3ccc4c(c3)OCCO4)C(=O)C(=O)N2CCN(C)C)cc1. The molecule has 2 aromatic rings. The highest BCUT2D eigenvalue weighted by molar-refractivity contribution is 6.46. The molecule has 2 heterocycles. The molecule has 0 saturated carbocycles. The summed E-state index contributed by atoms with van der Waals surface area (Å²) in [6.07, 6.45) is 2.00. The second kappa shape index (κ2) is 10.8. The number of amides is 1. The van der Waals surface area contributed by atoms with Gasteiger partial charge in [0.15, 0.2) is 11.5 Å². The lowest BCUT2D eigenvalue weighted by molar-refractivity contribution is -0.140. The lowest BCUT2D eigenvalue weighted by atomic mass is 9.95. The van der Waals surface area contributed by atoms with Crippen molar-refractivity contribution < 1.29 is 28.9 Å². The van der Waals surface area contributed by atoms with Crippen LogP contribution in [-0.2, 0) is 9.59 Å². The number of likely N-dealkylation sites (N-methyl/N-ethyl adjacent to an activating group) is 1. The molecular weight excluding hydrogens is 448 g/mol. The Hall–Kier alpha value is -3.52. The zero-order valence-corrected chi connectivity index (χ0v) is 20.5. The first-order valence-corrected chi connectivity index (χ1v) is 12.0. The summed E-state index contributed by atoms with van der Waals surface area (Å²) in [6.45, 7) is 4.50. The zero-order valence-electron chi connectivity index (χ0n) is 20.5. The Labute approximate surface area is 205 Å². The zero-order chi connectivity index (χ0) is 24.9. The maximum Gasteiger partial charge on any atom is 0.295 e. The van der Waals surface area contributed by atoms with E-state index >= 15 is 0 Å². The van der Waals surface area contributed by atoms with Crippen LogP contribution in [0.4, 0.5) is 0 Å². The fraction of sp³-hybridized carbons (Fsp3) is 0.407. The van der Waals surface area contributed by atoms with E-state index in [4.69, 9.17) is 14.2 Å². The summed E-state index contributed by atoms with van der Waals surface area (Å²) in [6, 6.07) is 11.6. The molecule has 2 aromatic carbocycles. The van der Waals surface area contributed by atoms with Gasteiger partial charge in [0.05, 0.1) is 18.2 Å². The minimum absolute atomic E-state index is 0.0603. The van der Waals surface area contributed by atoms with E-state index in [1.807, 2.05) is 43.3 Å². The van der Waals surface area contributed by atoms with Crippen molar-refractivity contribution >= 4 is 17.4 Å². The van der Waals surface area contributed by atoms with Crippen molar-refractivity contribution in [1.29, 1.82) is 0 Å². The topological polar surface area (TPSA) is 88.5 Å². The van der Waals surface area contributed by atoms with Crippen LogP contribution in [0.15, 0.2) is 48.0 Å². The van der Waals surface area contributed by atoms with Crippen LogP contribution < -0.4 is 14.2 Å². The molecule has 186 valence electrons. The first kappa shape index (κ1) is 24.6. The third-order valence-electron chi connectivity index (χ3n) is 6.11. The number of hydrogen-bond acceptors (Lipinski definition) is 7. The van der Waals surface area contributed by atoms with Crippen LogP contribution in [0.25, 0.3) is 5.76 Å². The van der Waals surface area contributed by atoms with E-state index in [1.165, 1.54) is 4.90 Å². The third-order valence-corrected chi connectivity index (χ3v) is 6.11. The Balaban J connectivity index is 1.73. The number of unbranched alkanes of at least 4 members (excludes halogenated alkanes) is 1. The normalized spacial score (nSPS) is 18.9. The smallest absolute Gasteiger partial charge is 0.295 e. The van der Waals surface area contributed by atoms with Gasteiger partial charge in [-0.15, -0.1) is 0 Å². The number of Topliss-reactive ketones (excluding diaryl/α,β-unsaturated/α-hetero) is 1. The predicted octanol–water partition coefficient (Wildman–Crippen LogP) is 3.62. The van der Waals surface area contributed by atoms with Crippen LogP contribution in [0, 0.1) is 0 Å². The van der Waals surface area contributed by atoms with Crippen LogP contribution in [-0.4, -0.2) is 73.6 Å².